The first-order valence-corrected chi connectivity index (χ1v) is 21.5. The van der Waals surface area contributed by atoms with Gasteiger partial charge in [0.2, 0.25) is 0 Å². The summed E-state index contributed by atoms with van der Waals surface area (Å²) in [5, 5.41) is 2.10. The van der Waals surface area contributed by atoms with Gasteiger partial charge in [-0.25, -0.2) is 15.0 Å². The zero-order valence-electron chi connectivity index (χ0n) is 33.7. The lowest BCUT2D eigenvalue weighted by molar-refractivity contribution is 0.353. The van der Waals surface area contributed by atoms with Crippen LogP contribution in [0, 0.1) is 0 Å². The van der Waals surface area contributed by atoms with Gasteiger partial charge < -0.3 is 4.42 Å². The molecule has 2 aromatic heterocycles. The van der Waals surface area contributed by atoms with Crippen molar-refractivity contribution in [2.24, 2.45) is 0 Å². The average molecular weight is 784 g/mol. The molecule has 1 saturated carbocycles. The molecule has 12 rings (SSSR count). The number of hydrogen-bond donors (Lipinski definition) is 0. The van der Waals surface area contributed by atoms with Crippen molar-refractivity contribution in [3.63, 3.8) is 0 Å². The molecule has 0 atom stereocenters. The van der Waals surface area contributed by atoms with Gasteiger partial charge in [-0.1, -0.05) is 171 Å². The Kier molecular flexibility index (Phi) is 8.38. The summed E-state index contributed by atoms with van der Waals surface area (Å²) >= 11 is 0. The summed E-state index contributed by atoms with van der Waals surface area (Å²) in [4.78, 5) is 15.3. The van der Waals surface area contributed by atoms with Crippen LogP contribution < -0.4 is 0 Å². The SMILES string of the molecule is c1ccc(-c2ccc(-c3nc(-c4ccc(-c5cccc(-c6ccc7c(c6)-c6ccccc6C76CCCCC6)c5)cc4)nc(-c4ccc5oc6ccccc6c5c4)n3)cc2)cc1. The molecule has 10 aromatic rings. The van der Waals surface area contributed by atoms with Crippen molar-refractivity contribution in [3.8, 4) is 78.7 Å². The molecule has 1 spiro atoms. The smallest absolute Gasteiger partial charge is 0.164 e. The van der Waals surface area contributed by atoms with E-state index in [9.17, 15) is 0 Å². The van der Waals surface area contributed by atoms with Crippen molar-refractivity contribution in [1.82, 2.24) is 15.0 Å². The summed E-state index contributed by atoms with van der Waals surface area (Å²) in [6.07, 6.45) is 6.43. The molecule has 8 aromatic carbocycles. The van der Waals surface area contributed by atoms with Crippen molar-refractivity contribution >= 4 is 21.9 Å². The normalized spacial score (nSPS) is 14.0. The molecule has 0 saturated heterocycles. The van der Waals surface area contributed by atoms with E-state index in [1.165, 1.54) is 76.6 Å². The lowest BCUT2D eigenvalue weighted by Gasteiger charge is -2.36. The molecule has 0 unspecified atom stereocenters. The highest BCUT2D eigenvalue weighted by atomic mass is 16.3. The number of furan rings is 1. The fraction of sp³-hybridized carbons (Fsp3) is 0.105. The fourth-order valence-corrected chi connectivity index (χ4v) is 10.1. The van der Waals surface area contributed by atoms with E-state index < -0.39 is 0 Å². The number of rotatable bonds is 6. The summed E-state index contributed by atoms with van der Waals surface area (Å²) in [7, 11) is 0. The van der Waals surface area contributed by atoms with Crippen LogP contribution in [0.1, 0.15) is 43.2 Å². The Labute approximate surface area is 355 Å². The lowest BCUT2D eigenvalue weighted by atomic mass is 9.68. The molecule has 0 N–H and O–H groups in total. The minimum atomic E-state index is 0.168. The van der Waals surface area contributed by atoms with E-state index in [-0.39, 0.29) is 5.41 Å². The van der Waals surface area contributed by atoms with Crippen LogP contribution >= 0.6 is 0 Å². The Hall–Kier alpha value is -7.43. The lowest BCUT2D eigenvalue weighted by Crippen LogP contribution is -2.27. The van der Waals surface area contributed by atoms with Crippen molar-refractivity contribution in [2.45, 2.75) is 37.5 Å². The number of para-hydroxylation sites is 1. The largest absolute Gasteiger partial charge is 0.456 e. The van der Waals surface area contributed by atoms with Crippen LogP contribution in [-0.2, 0) is 5.41 Å². The molecular weight excluding hydrogens is 743 g/mol. The van der Waals surface area contributed by atoms with Crippen LogP contribution in [-0.4, -0.2) is 15.0 Å². The molecule has 1 fully saturated rings. The Balaban J connectivity index is 0.901. The summed E-state index contributed by atoms with van der Waals surface area (Å²) in [5.74, 6) is 1.86. The maximum Gasteiger partial charge on any atom is 0.164 e. The minimum absolute atomic E-state index is 0.168. The van der Waals surface area contributed by atoms with Crippen LogP contribution in [0.5, 0.6) is 0 Å². The van der Waals surface area contributed by atoms with Gasteiger partial charge in [-0.2, -0.15) is 0 Å². The van der Waals surface area contributed by atoms with E-state index in [4.69, 9.17) is 19.4 Å². The number of nitrogens with zero attached hydrogens (tertiary/aromatic N) is 3. The molecule has 0 amide bonds. The highest BCUT2D eigenvalue weighted by Crippen LogP contribution is 2.56. The Morgan fingerprint density at radius 3 is 1.59 bits per heavy atom. The van der Waals surface area contributed by atoms with Crippen molar-refractivity contribution < 1.29 is 4.42 Å². The maximum atomic E-state index is 6.16. The fourth-order valence-electron chi connectivity index (χ4n) is 10.1. The molecule has 4 nitrogen and oxygen atoms in total. The van der Waals surface area contributed by atoms with Crippen LogP contribution in [0.2, 0.25) is 0 Å². The molecule has 4 heteroatoms. The predicted octanol–water partition coefficient (Wildman–Crippen LogP) is 15.0. The first kappa shape index (κ1) is 35.5. The zero-order valence-corrected chi connectivity index (χ0v) is 33.7. The van der Waals surface area contributed by atoms with Gasteiger partial charge in [0, 0.05) is 32.9 Å². The van der Waals surface area contributed by atoms with E-state index in [1.54, 1.807) is 0 Å². The second-order valence-corrected chi connectivity index (χ2v) is 16.7. The van der Waals surface area contributed by atoms with E-state index in [0.717, 1.165) is 49.8 Å². The second kappa shape index (κ2) is 14.4. The molecule has 0 aliphatic heterocycles. The first-order valence-electron chi connectivity index (χ1n) is 21.5. The summed E-state index contributed by atoms with van der Waals surface area (Å²) in [6.45, 7) is 0. The van der Waals surface area contributed by atoms with E-state index in [0.29, 0.717) is 17.5 Å². The molecule has 290 valence electrons. The van der Waals surface area contributed by atoms with Crippen LogP contribution in [0.25, 0.3) is 101 Å². The van der Waals surface area contributed by atoms with Gasteiger partial charge >= 0.3 is 0 Å². The molecule has 0 bridgehead atoms. The number of aromatic nitrogens is 3. The minimum Gasteiger partial charge on any atom is -0.456 e. The predicted molar refractivity (Wildman–Crippen MR) is 249 cm³/mol. The van der Waals surface area contributed by atoms with Gasteiger partial charge in [0.05, 0.1) is 0 Å². The third-order valence-electron chi connectivity index (χ3n) is 13.2. The average Bonchev–Trinajstić information content (AvgIpc) is 3.84. The highest BCUT2D eigenvalue weighted by Gasteiger charge is 2.43. The molecule has 2 heterocycles. The Morgan fingerprint density at radius 2 is 0.836 bits per heavy atom. The maximum absolute atomic E-state index is 6.16. The van der Waals surface area contributed by atoms with Gasteiger partial charge in [-0.05, 0) is 105 Å². The Bertz CT molecular complexity index is 3270. The quantitative estimate of drug-likeness (QED) is 0.169. The third-order valence-corrected chi connectivity index (χ3v) is 13.2. The number of hydrogen-bond acceptors (Lipinski definition) is 4. The molecule has 61 heavy (non-hydrogen) atoms. The van der Waals surface area contributed by atoms with Crippen molar-refractivity contribution in [3.05, 3.63) is 199 Å². The second-order valence-electron chi connectivity index (χ2n) is 16.7. The molecule has 2 aliphatic carbocycles. The van der Waals surface area contributed by atoms with Gasteiger partial charge in [-0.15, -0.1) is 0 Å². The highest BCUT2D eigenvalue weighted by molar-refractivity contribution is 6.06. The van der Waals surface area contributed by atoms with Crippen molar-refractivity contribution in [2.75, 3.05) is 0 Å². The molecular formula is C57H41N3O. The first-order chi connectivity index (χ1) is 30.2. The topological polar surface area (TPSA) is 51.8 Å². The van der Waals surface area contributed by atoms with E-state index in [2.05, 4.69) is 152 Å². The third kappa shape index (κ3) is 6.09. The van der Waals surface area contributed by atoms with Gasteiger partial charge in [-0.3, -0.25) is 0 Å². The van der Waals surface area contributed by atoms with Gasteiger partial charge in [0.25, 0.3) is 0 Å². The molecule has 0 radical (unpaired) electrons. The van der Waals surface area contributed by atoms with Crippen LogP contribution in [0.4, 0.5) is 0 Å². The van der Waals surface area contributed by atoms with Crippen LogP contribution in [0.3, 0.4) is 0 Å². The summed E-state index contributed by atoms with van der Waals surface area (Å²) < 4.78 is 6.16. The zero-order chi connectivity index (χ0) is 40.3. The number of fused-ring (bicyclic) bond motifs is 8. The summed E-state index contributed by atoms with van der Waals surface area (Å²) in [5.41, 5.74) is 17.6. The van der Waals surface area contributed by atoms with Gasteiger partial charge in [0.15, 0.2) is 17.5 Å². The molecule has 2 aliphatic rings. The van der Waals surface area contributed by atoms with Crippen LogP contribution in [0.15, 0.2) is 192 Å². The standard InChI is InChI=1S/C57H41N3O/c1-3-12-37(13-4-1)38-20-24-40(25-21-38)54-58-55(60-56(59-54)45-29-31-53-49(36-45)47-17-6-8-19-52(47)61-53)41-26-22-39(23-27-41)42-14-11-15-43(34-42)44-28-30-51-48(35-44)46-16-5-7-18-50(46)57(51)32-9-2-10-33-57/h1,3-8,11-31,34-36H,2,9-10,32-33H2. The van der Waals surface area contributed by atoms with Crippen molar-refractivity contribution in [1.29, 1.82) is 0 Å². The van der Waals surface area contributed by atoms with Gasteiger partial charge in [0.1, 0.15) is 11.2 Å². The number of benzene rings is 8. The van der Waals surface area contributed by atoms with E-state index in [1.807, 2.05) is 36.4 Å². The van der Waals surface area contributed by atoms with E-state index >= 15 is 0 Å². The summed E-state index contributed by atoms with van der Waals surface area (Å²) in [6, 6.07) is 67.1. The monoisotopic (exact) mass is 783 g/mol. The Morgan fingerprint density at radius 1 is 0.328 bits per heavy atom.